The first-order chi connectivity index (χ1) is 9.33. The topological polar surface area (TPSA) is 48.4 Å². The fourth-order valence-corrected chi connectivity index (χ4v) is 1.64. The SMILES string of the molecule is CCOc1ccc(OCc2ccccn2)c(C=O)c1. The van der Waals surface area contributed by atoms with Gasteiger partial charge in [-0.3, -0.25) is 9.78 Å². The van der Waals surface area contributed by atoms with Crippen molar-refractivity contribution in [3.63, 3.8) is 0 Å². The highest BCUT2D eigenvalue weighted by molar-refractivity contribution is 5.80. The third-order valence-corrected chi connectivity index (χ3v) is 2.52. The number of rotatable bonds is 6. The van der Waals surface area contributed by atoms with Gasteiger partial charge in [0.05, 0.1) is 17.9 Å². The lowest BCUT2D eigenvalue weighted by atomic mass is 10.2. The zero-order valence-corrected chi connectivity index (χ0v) is 10.7. The summed E-state index contributed by atoms with van der Waals surface area (Å²) in [4.78, 5) is 15.2. The molecule has 0 N–H and O–H groups in total. The Morgan fingerprint density at radius 2 is 2.11 bits per heavy atom. The number of hydrogen-bond acceptors (Lipinski definition) is 4. The highest BCUT2D eigenvalue weighted by atomic mass is 16.5. The maximum absolute atomic E-state index is 11.0. The van der Waals surface area contributed by atoms with E-state index in [0.29, 0.717) is 30.3 Å². The molecule has 2 rings (SSSR count). The summed E-state index contributed by atoms with van der Waals surface area (Å²) in [5.74, 6) is 1.19. The molecule has 0 fully saturated rings. The zero-order chi connectivity index (χ0) is 13.5. The largest absolute Gasteiger partial charge is 0.494 e. The van der Waals surface area contributed by atoms with E-state index in [1.807, 2.05) is 25.1 Å². The molecule has 1 aromatic heterocycles. The molecule has 0 spiro atoms. The third kappa shape index (κ3) is 3.55. The Morgan fingerprint density at radius 1 is 1.21 bits per heavy atom. The number of carbonyl (C=O) groups is 1. The van der Waals surface area contributed by atoms with Crippen molar-refractivity contribution in [2.24, 2.45) is 0 Å². The van der Waals surface area contributed by atoms with Crippen molar-refractivity contribution >= 4 is 6.29 Å². The van der Waals surface area contributed by atoms with Gasteiger partial charge in [0.2, 0.25) is 0 Å². The molecule has 2 aromatic rings. The maximum Gasteiger partial charge on any atom is 0.153 e. The molecule has 0 saturated carbocycles. The minimum absolute atomic E-state index is 0.329. The van der Waals surface area contributed by atoms with Gasteiger partial charge in [-0.1, -0.05) is 6.07 Å². The molecule has 1 aromatic carbocycles. The fraction of sp³-hybridized carbons (Fsp3) is 0.200. The minimum atomic E-state index is 0.329. The Kier molecular flexibility index (Phi) is 4.50. The van der Waals surface area contributed by atoms with E-state index < -0.39 is 0 Å². The first-order valence-electron chi connectivity index (χ1n) is 6.08. The van der Waals surface area contributed by atoms with Gasteiger partial charge in [0.1, 0.15) is 18.1 Å². The van der Waals surface area contributed by atoms with Gasteiger partial charge >= 0.3 is 0 Å². The number of aldehydes is 1. The molecule has 0 unspecified atom stereocenters. The molecule has 1 heterocycles. The summed E-state index contributed by atoms with van der Waals surface area (Å²) < 4.78 is 10.9. The van der Waals surface area contributed by atoms with Gasteiger partial charge in [-0.05, 0) is 37.3 Å². The molecular weight excluding hydrogens is 242 g/mol. The molecule has 4 heteroatoms. The molecule has 0 amide bonds. The standard InChI is InChI=1S/C15H15NO3/c1-2-18-14-6-7-15(12(9-14)10-17)19-11-13-5-3-4-8-16-13/h3-10H,2,11H2,1H3. The summed E-state index contributed by atoms with van der Waals surface area (Å²) in [6.07, 6.45) is 2.47. The van der Waals surface area contributed by atoms with Crippen LogP contribution >= 0.6 is 0 Å². The molecule has 98 valence electrons. The Balaban J connectivity index is 2.09. The predicted octanol–water partition coefficient (Wildman–Crippen LogP) is 2.87. The van der Waals surface area contributed by atoms with Gasteiger partial charge < -0.3 is 9.47 Å². The van der Waals surface area contributed by atoms with Gasteiger partial charge in [0, 0.05) is 6.20 Å². The fourth-order valence-electron chi connectivity index (χ4n) is 1.64. The van der Waals surface area contributed by atoms with Crippen LogP contribution in [0.25, 0.3) is 0 Å². The summed E-state index contributed by atoms with van der Waals surface area (Å²) in [6, 6.07) is 10.8. The average Bonchev–Trinajstić information content (AvgIpc) is 2.47. The lowest BCUT2D eigenvalue weighted by Crippen LogP contribution is -2.00. The molecule has 0 radical (unpaired) electrons. The van der Waals surface area contributed by atoms with Crippen LogP contribution in [0.3, 0.4) is 0 Å². The number of carbonyl (C=O) groups excluding carboxylic acids is 1. The van der Waals surface area contributed by atoms with Crippen LogP contribution in [0, 0.1) is 0 Å². The van der Waals surface area contributed by atoms with Gasteiger partial charge in [-0.25, -0.2) is 0 Å². The van der Waals surface area contributed by atoms with Crippen LogP contribution in [0.5, 0.6) is 11.5 Å². The van der Waals surface area contributed by atoms with Crippen molar-refractivity contribution in [2.45, 2.75) is 13.5 Å². The molecule has 0 saturated heterocycles. The summed E-state index contributed by atoms with van der Waals surface area (Å²) in [5, 5.41) is 0. The number of aromatic nitrogens is 1. The summed E-state index contributed by atoms with van der Waals surface area (Å²) in [5.41, 5.74) is 1.29. The second-order valence-electron chi connectivity index (χ2n) is 3.86. The molecule has 4 nitrogen and oxygen atoms in total. The second kappa shape index (κ2) is 6.54. The van der Waals surface area contributed by atoms with Gasteiger partial charge in [0.25, 0.3) is 0 Å². The molecule has 0 aliphatic carbocycles. The second-order valence-corrected chi connectivity index (χ2v) is 3.86. The van der Waals surface area contributed by atoms with Crippen molar-refractivity contribution in [1.29, 1.82) is 0 Å². The van der Waals surface area contributed by atoms with Gasteiger partial charge in [-0.15, -0.1) is 0 Å². The van der Waals surface area contributed by atoms with E-state index in [2.05, 4.69) is 4.98 Å². The van der Waals surface area contributed by atoms with Crippen LogP contribution in [0.15, 0.2) is 42.6 Å². The lowest BCUT2D eigenvalue weighted by Gasteiger charge is -2.10. The number of nitrogens with zero attached hydrogens (tertiary/aromatic N) is 1. The van der Waals surface area contributed by atoms with E-state index in [9.17, 15) is 4.79 Å². The van der Waals surface area contributed by atoms with Crippen LogP contribution in [0.2, 0.25) is 0 Å². The molecule has 19 heavy (non-hydrogen) atoms. The molecule has 0 aliphatic rings. The smallest absolute Gasteiger partial charge is 0.153 e. The molecular formula is C15H15NO3. The monoisotopic (exact) mass is 257 g/mol. The van der Waals surface area contributed by atoms with Crippen molar-refractivity contribution in [3.05, 3.63) is 53.9 Å². The number of benzene rings is 1. The van der Waals surface area contributed by atoms with Crippen LogP contribution in [0.1, 0.15) is 23.0 Å². The molecule has 0 aliphatic heterocycles. The van der Waals surface area contributed by atoms with Gasteiger partial charge in [0.15, 0.2) is 6.29 Å². The van der Waals surface area contributed by atoms with E-state index >= 15 is 0 Å². The third-order valence-electron chi connectivity index (χ3n) is 2.52. The first kappa shape index (κ1) is 13.1. The van der Waals surface area contributed by atoms with Crippen molar-refractivity contribution in [1.82, 2.24) is 4.98 Å². The van der Waals surface area contributed by atoms with Crippen molar-refractivity contribution in [3.8, 4) is 11.5 Å². The van der Waals surface area contributed by atoms with Crippen LogP contribution in [-0.4, -0.2) is 17.9 Å². The van der Waals surface area contributed by atoms with E-state index in [-0.39, 0.29) is 0 Å². The van der Waals surface area contributed by atoms with Crippen LogP contribution < -0.4 is 9.47 Å². The highest BCUT2D eigenvalue weighted by Gasteiger charge is 2.06. The zero-order valence-electron chi connectivity index (χ0n) is 10.7. The number of ether oxygens (including phenoxy) is 2. The Labute approximate surface area is 112 Å². The van der Waals surface area contributed by atoms with Crippen LogP contribution in [-0.2, 0) is 6.61 Å². The Bertz CT molecular complexity index is 540. The Morgan fingerprint density at radius 3 is 2.79 bits per heavy atom. The van der Waals surface area contributed by atoms with Crippen molar-refractivity contribution in [2.75, 3.05) is 6.61 Å². The predicted molar refractivity (Wildman–Crippen MR) is 71.6 cm³/mol. The highest BCUT2D eigenvalue weighted by Crippen LogP contribution is 2.23. The minimum Gasteiger partial charge on any atom is -0.494 e. The number of pyridine rings is 1. The van der Waals surface area contributed by atoms with Crippen molar-refractivity contribution < 1.29 is 14.3 Å². The normalized spacial score (nSPS) is 9.95. The van der Waals surface area contributed by atoms with E-state index in [1.165, 1.54) is 0 Å². The van der Waals surface area contributed by atoms with E-state index in [4.69, 9.17) is 9.47 Å². The van der Waals surface area contributed by atoms with E-state index in [1.54, 1.807) is 24.4 Å². The van der Waals surface area contributed by atoms with Crippen LogP contribution in [0.4, 0.5) is 0 Å². The van der Waals surface area contributed by atoms with Gasteiger partial charge in [-0.2, -0.15) is 0 Å². The summed E-state index contributed by atoms with van der Waals surface area (Å²) in [7, 11) is 0. The van der Waals surface area contributed by atoms with E-state index in [0.717, 1.165) is 12.0 Å². The molecule has 0 bridgehead atoms. The molecule has 0 atom stereocenters. The first-order valence-corrected chi connectivity index (χ1v) is 6.08. The quantitative estimate of drug-likeness (QED) is 0.746. The Hall–Kier alpha value is -2.36. The summed E-state index contributed by atoms with van der Waals surface area (Å²) >= 11 is 0. The summed E-state index contributed by atoms with van der Waals surface area (Å²) in [6.45, 7) is 2.79. The average molecular weight is 257 g/mol. The number of hydrogen-bond donors (Lipinski definition) is 0. The maximum atomic E-state index is 11.0. The lowest BCUT2D eigenvalue weighted by molar-refractivity contribution is 0.111.